The summed E-state index contributed by atoms with van der Waals surface area (Å²) in [5, 5.41) is 0. The van der Waals surface area contributed by atoms with Crippen molar-refractivity contribution < 1.29 is 0 Å². The quantitative estimate of drug-likeness (QED) is 0.728. The molecule has 1 rings (SSSR count). The molecule has 0 unspecified atom stereocenters. The normalized spacial score (nSPS) is 11.8. The van der Waals surface area contributed by atoms with Crippen LogP contribution in [0.3, 0.4) is 0 Å². The van der Waals surface area contributed by atoms with Gasteiger partial charge in [0, 0.05) is 18.2 Å². The van der Waals surface area contributed by atoms with E-state index in [0.29, 0.717) is 11.8 Å². The second-order valence-corrected chi connectivity index (χ2v) is 5.26. The smallest absolute Gasteiger partial charge is 0.111 e. The molecular weight excluding hydrogens is 196 g/mol. The standard InChI is InChI=1S/C14H26N2/c1-7-8-9-16-13(10(2)3)12(6)15-14(16)11(4)5/h10-11H,7-9H2,1-6H3. The zero-order valence-electron chi connectivity index (χ0n) is 11.7. The molecule has 1 heterocycles. The van der Waals surface area contributed by atoms with Gasteiger partial charge in [-0.3, -0.25) is 0 Å². The van der Waals surface area contributed by atoms with E-state index in [0.717, 1.165) is 6.54 Å². The van der Waals surface area contributed by atoms with Gasteiger partial charge in [-0.2, -0.15) is 0 Å². The van der Waals surface area contributed by atoms with Crippen LogP contribution in [0, 0.1) is 6.92 Å². The van der Waals surface area contributed by atoms with Crippen molar-refractivity contribution in [2.75, 3.05) is 0 Å². The molecule has 0 amide bonds. The van der Waals surface area contributed by atoms with Crippen molar-refractivity contribution in [1.82, 2.24) is 9.55 Å². The fraction of sp³-hybridized carbons (Fsp3) is 0.786. The van der Waals surface area contributed by atoms with E-state index in [1.165, 1.54) is 30.1 Å². The Balaban J connectivity index is 3.14. The average molecular weight is 222 g/mol. The van der Waals surface area contributed by atoms with Crippen molar-refractivity contribution in [3.05, 3.63) is 17.2 Å². The topological polar surface area (TPSA) is 17.8 Å². The van der Waals surface area contributed by atoms with Gasteiger partial charge in [0.05, 0.1) is 5.69 Å². The Bertz CT molecular complexity index is 335. The van der Waals surface area contributed by atoms with Crippen molar-refractivity contribution in [3.63, 3.8) is 0 Å². The second kappa shape index (κ2) is 5.51. The van der Waals surface area contributed by atoms with Gasteiger partial charge in [0.1, 0.15) is 5.82 Å². The summed E-state index contributed by atoms with van der Waals surface area (Å²) in [4.78, 5) is 4.75. The minimum absolute atomic E-state index is 0.517. The number of rotatable bonds is 5. The van der Waals surface area contributed by atoms with Crippen LogP contribution in [0.2, 0.25) is 0 Å². The minimum atomic E-state index is 0.517. The van der Waals surface area contributed by atoms with E-state index < -0.39 is 0 Å². The zero-order valence-corrected chi connectivity index (χ0v) is 11.7. The Kier molecular flexibility index (Phi) is 4.57. The van der Waals surface area contributed by atoms with E-state index in [-0.39, 0.29) is 0 Å². The number of nitrogens with zero attached hydrogens (tertiary/aromatic N) is 2. The van der Waals surface area contributed by atoms with Crippen LogP contribution in [0.15, 0.2) is 0 Å². The fourth-order valence-electron chi connectivity index (χ4n) is 2.33. The highest BCUT2D eigenvalue weighted by atomic mass is 15.1. The first-order valence-electron chi connectivity index (χ1n) is 6.55. The molecule has 0 saturated carbocycles. The molecule has 1 aromatic rings. The number of hydrogen-bond acceptors (Lipinski definition) is 1. The van der Waals surface area contributed by atoms with Gasteiger partial charge in [-0.15, -0.1) is 0 Å². The molecule has 0 aliphatic rings. The lowest BCUT2D eigenvalue weighted by Gasteiger charge is -2.15. The van der Waals surface area contributed by atoms with Crippen molar-refractivity contribution in [2.24, 2.45) is 0 Å². The number of imidazole rings is 1. The molecule has 0 aliphatic carbocycles. The molecular formula is C14H26N2. The maximum Gasteiger partial charge on any atom is 0.111 e. The molecule has 0 radical (unpaired) electrons. The monoisotopic (exact) mass is 222 g/mol. The van der Waals surface area contributed by atoms with Gasteiger partial charge in [-0.25, -0.2) is 4.98 Å². The highest BCUT2D eigenvalue weighted by molar-refractivity contribution is 5.20. The Morgan fingerprint density at radius 2 is 1.75 bits per heavy atom. The molecule has 0 spiro atoms. The van der Waals surface area contributed by atoms with Crippen LogP contribution >= 0.6 is 0 Å². The van der Waals surface area contributed by atoms with E-state index in [9.17, 15) is 0 Å². The van der Waals surface area contributed by atoms with E-state index in [1.807, 2.05) is 0 Å². The van der Waals surface area contributed by atoms with Crippen molar-refractivity contribution in [3.8, 4) is 0 Å². The van der Waals surface area contributed by atoms with Gasteiger partial charge in [0.15, 0.2) is 0 Å². The van der Waals surface area contributed by atoms with Gasteiger partial charge in [-0.1, -0.05) is 41.0 Å². The lowest BCUT2D eigenvalue weighted by Crippen LogP contribution is -2.10. The number of hydrogen-bond donors (Lipinski definition) is 0. The molecule has 0 aliphatic heterocycles. The van der Waals surface area contributed by atoms with Crippen LogP contribution in [0.5, 0.6) is 0 Å². The second-order valence-electron chi connectivity index (χ2n) is 5.26. The first-order valence-corrected chi connectivity index (χ1v) is 6.55. The maximum atomic E-state index is 4.75. The molecule has 0 N–H and O–H groups in total. The zero-order chi connectivity index (χ0) is 12.3. The summed E-state index contributed by atoms with van der Waals surface area (Å²) in [5.41, 5.74) is 2.65. The van der Waals surface area contributed by atoms with Crippen molar-refractivity contribution in [1.29, 1.82) is 0 Å². The molecule has 2 nitrogen and oxygen atoms in total. The third-order valence-corrected chi connectivity index (χ3v) is 3.02. The summed E-state index contributed by atoms with van der Waals surface area (Å²) >= 11 is 0. The third-order valence-electron chi connectivity index (χ3n) is 3.02. The lowest BCUT2D eigenvalue weighted by atomic mass is 10.1. The molecule has 0 aromatic carbocycles. The number of unbranched alkanes of at least 4 members (excludes halogenated alkanes) is 1. The highest BCUT2D eigenvalue weighted by Gasteiger charge is 2.18. The van der Waals surface area contributed by atoms with E-state index >= 15 is 0 Å². The first kappa shape index (κ1) is 13.3. The van der Waals surface area contributed by atoms with Gasteiger partial charge >= 0.3 is 0 Å². The molecule has 0 saturated heterocycles. The van der Waals surface area contributed by atoms with Crippen LogP contribution < -0.4 is 0 Å². The van der Waals surface area contributed by atoms with Crippen LogP contribution in [0.25, 0.3) is 0 Å². The van der Waals surface area contributed by atoms with E-state index in [1.54, 1.807) is 0 Å². The lowest BCUT2D eigenvalue weighted by molar-refractivity contribution is 0.552. The summed E-state index contributed by atoms with van der Waals surface area (Å²) in [6.45, 7) is 14.5. The van der Waals surface area contributed by atoms with Gasteiger partial charge in [0.25, 0.3) is 0 Å². The van der Waals surface area contributed by atoms with Crippen molar-refractivity contribution >= 4 is 0 Å². The summed E-state index contributed by atoms with van der Waals surface area (Å²) in [6.07, 6.45) is 2.49. The summed E-state index contributed by atoms with van der Waals surface area (Å²) < 4.78 is 2.45. The predicted molar refractivity (Wildman–Crippen MR) is 70.1 cm³/mol. The maximum absolute atomic E-state index is 4.75. The van der Waals surface area contributed by atoms with Crippen LogP contribution in [0.1, 0.15) is 76.5 Å². The number of aryl methyl sites for hydroxylation is 1. The molecule has 2 heteroatoms. The molecule has 0 fully saturated rings. The Hall–Kier alpha value is -0.790. The Morgan fingerprint density at radius 3 is 2.19 bits per heavy atom. The molecule has 16 heavy (non-hydrogen) atoms. The largest absolute Gasteiger partial charge is 0.331 e. The highest BCUT2D eigenvalue weighted by Crippen LogP contribution is 2.25. The molecule has 0 atom stereocenters. The summed E-state index contributed by atoms with van der Waals surface area (Å²) in [5.74, 6) is 2.34. The predicted octanol–water partition coefficient (Wildman–Crippen LogP) is 4.24. The summed E-state index contributed by atoms with van der Waals surface area (Å²) in [7, 11) is 0. The third kappa shape index (κ3) is 2.66. The van der Waals surface area contributed by atoms with Crippen LogP contribution in [0.4, 0.5) is 0 Å². The molecule has 0 bridgehead atoms. The minimum Gasteiger partial charge on any atom is -0.331 e. The van der Waals surface area contributed by atoms with Gasteiger partial charge in [0.2, 0.25) is 0 Å². The Labute approximate surface area is 100 Å². The van der Waals surface area contributed by atoms with Crippen LogP contribution in [-0.2, 0) is 6.54 Å². The Morgan fingerprint density at radius 1 is 1.12 bits per heavy atom. The first-order chi connectivity index (χ1) is 7.49. The van der Waals surface area contributed by atoms with Crippen molar-refractivity contribution in [2.45, 2.75) is 72.8 Å². The average Bonchev–Trinajstić information content (AvgIpc) is 2.52. The van der Waals surface area contributed by atoms with E-state index in [2.05, 4.69) is 46.1 Å². The van der Waals surface area contributed by atoms with Crippen LogP contribution in [-0.4, -0.2) is 9.55 Å². The van der Waals surface area contributed by atoms with E-state index in [4.69, 9.17) is 4.98 Å². The number of aromatic nitrogens is 2. The van der Waals surface area contributed by atoms with Gasteiger partial charge in [-0.05, 0) is 19.3 Å². The SMILES string of the molecule is CCCCn1c(C(C)C)nc(C)c1C(C)C. The molecule has 92 valence electrons. The molecule has 1 aromatic heterocycles. The van der Waals surface area contributed by atoms with Gasteiger partial charge < -0.3 is 4.57 Å². The summed E-state index contributed by atoms with van der Waals surface area (Å²) in [6, 6.07) is 0. The fourth-order valence-corrected chi connectivity index (χ4v) is 2.33.